The van der Waals surface area contributed by atoms with E-state index in [1.807, 2.05) is 13.8 Å². The zero-order valence-electron chi connectivity index (χ0n) is 23.2. The summed E-state index contributed by atoms with van der Waals surface area (Å²) in [5, 5.41) is 9.58. The third kappa shape index (κ3) is 10.4. The standard InChI is InChI=1S/C26H39NO11/c1-9-25(4,5)37-23(31)35-18-12-11-16(14-19(18)36-24(32)38-26(6,7)10-2)17(20(27)21(28)29)13-15(3)34-22(30)33-8/h11-12,14-15,17,20H,9-10,13,27H2,1-8H3,(H,28,29)/t15?,17?,20-/m0/s1. The fourth-order valence-corrected chi connectivity index (χ4v) is 3.02. The largest absolute Gasteiger partial charge is 0.514 e. The first-order valence-electron chi connectivity index (χ1n) is 12.2. The van der Waals surface area contributed by atoms with E-state index < -0.39 is 53.7 Å². The third-order valence-electron chi connectivity index (χ3n) is 5.97. The van der Waals surface area contributed by atoms with E-state index in [0.29, 0.717) is 18.4 Å². The van der Waals surface area contributed by atoms with Crippen LogP contribution in [0, 0.1) is 0 Å². The molecule has 0 aliphatic heterocycles. The Hall–Kier alpha value is -3.54. The molecule has 12 nitrogen and oxygen atoms in total. The van der Waals surface area contributed by atoms with Gasteiger partial charge in [-0.1, -0.05) is 19.9 Å². The van der Waals surface area contributed by atoms with Crippen molar-refractivity contribution in [3.8, 4) is 11.5 Å². The Morgan fingerprint density at radius 2 is 1.39 bits per heavy atom. The maximum absolute atomic E-state index is 12.5. The Morgan fingerprint density at radius 3 is 1.84 bits per heavy atom. The molecule has 2 unspecified atom stereocenters. The molecular weight excluding hydrogens is 502 g/mol. The number of benzene rings is 1. The zero-order chi connectivity index (χ0) is 29.3. The molecule has 0 spiro atoms. The third-order valence-corrected chi connectivity index (χ3v) is 5.97. The lowest BCUT2D eigenvalue weighted by atomic mass is 9.87. The first-order valence-corrected chi connectivity index (χ1v) is 12.2. The van der Waals surface area contributed by atoms with Crippen LogP contribution in [0.3, 0.4) is 0 Å². The van der Waals surface area contributed by atoms with Gasteiger partial charge in [0.25, 0.3) is 0 Å². The van der Waals surface area contributed by atoms with E-state index in [1.54, 1.807) is 34.6 Å². The number of methoxy groups -OCH3 is 1. The SMILES string of the molecule is CCC(C)(C)OC(=O)Oc1ccc(C(CC(C)OC(=O)OC)[C@H](N)C(=O)O)cc1OC(=O)OC(C)(C)CC. The van der Waals surface area contributed by atoms with Crippen LogP contribution in [-0.4, -0.2) is 60.0 Å². The molecule has 0 aromatic heterocycles. The maximum atomic E-state index is 12.5. The number of carboxylic acid groups (broad SMARTS) is 1. The van der Waals surface area contributed by atoms with Gasteiger partial charge in [0.15, 0.2) is 11.5 Å². The Balaban J connectivity index is 3.44. The number of rotatable bonds is 12. The number of ether oxygens (including phenoxy) is 6. The Labute approximate surface area is 222 Å². The highest BCUT2D eigenvalue weighted by molar-refractivity contribution is 5.75. The van der Waals surface area contributed by atoms with Crippen molar-refractivity contribution in [3.05, 3.63) is 23.8 Å². The van der Waals surface area contributed by atoms with Gasteiger partial charge in [-0.2, -0.15) is 0 Å². The quantitative estimate of drug-likeness (QED) is 0.203. The van der Waals surface area contributed by atoms with Crippen LogP contribution in [-0.2, 0) is 23.7 Å². The number of carboxylic acids is 1. The molecule has 38 heavy (non-hydrogen) atoms. The second kappa shape index (κ2) is 13.8. The molecule has 1 rings (SSSR count). The van der Waals surface area contributed by atoms with Crippen molar-refractivity contribution >= 4 is 24.4 Å². The molecular formula is C26H39NO11. The van der Waals surface area contributed by atoms with Crippen molar-refractivity contribution in [1.82, 2.24) is 0 Å². The molecule has 0 bridgehead atoms. The van der Waals surface area contributed by atoms with Gasteiger partial charge in [-0.15, -0.1) is 0 Å². The van der Waals surface area contributed by atoms with Gasteiger partial charge in [0.2, 0.25) is 0 Å². The summed E-state index contributed by atoms with van der Waals surface area (Å²) in [4.78, 5) is 48.2. The molecule has 0 radical (unpaired) electrons. The van der Waals surface area contributed by atoms with Gasteiger partial charge in [-0.25, -0.2) is 14.4 Å². The lowest BCUT2D eigenvalue weighted by Crippen LogP contribution is -2.38. The first-order chi connectivity index (χ1) is 17.5. The average Bonchev–Trinajstić information content (AvgIpc) is 2.82. The van der Waals surface area contributed by atoms with Crippen LogP contribution in [0.5, 0.6) is 11.5 Å². The summed E-state index contributed by atoms with van der Waals surface area (Å²) >= 11 is 0. The molecule has 214 valence electrons. The highest BCUT2D eigenvalue weighted by Gasteiger charge is 2.31. The highest BCUT2D eigenvalue weighted by Crippen LogP contribution is 2.35. The van der Waals surface area contributed by atoms with Crippen LogP contribution >= 0.6 is 0 Å². The minimum absolute atomic E-state index is 0.0117. The number of nitrogens with two attached hydrogens (primary N) is 1. The number of carbonyl (C=O) groups excluding carboxylic acids is 3. The van der Waals surface area contributed by atoms with Crippen molar-refractivity contribution in [1.29, 1.82) is 0 Å². The number of hydrogen-bond donors (Lipinski definition) is 2. The van der Waals surface area contributed by atoms with Gasteiger partial charge in [0, 0.05) is 5.92 Å². The van der Waals surface area contributed by atoms with Crippen molar-refractivity contribution in [3.63, 3.8) is 0 Å². The number of hydrogen-bond acceptors (Lipinski definition) is 11. The molecule has 0 saturated heterocycles. The number of carbonyl (C=O) groups is 4. The molecule has 0 fully saturated rings. The van der Waals surface area contributed by atoms with E-state index >= 15 is 0 Å². The summed E-state index contributed by atoms with van der Waals surface area (Å²) in [6.07, 6.45) is -2.82. The van der Waals surface area contributed by atoms with E-state index in [0.717, 1.165) is 7.11 Å². The van der Waals surface area contributed by atoms with Crippen molar-refractivity contribution < 1.29 is 52.7 Å². The summed E-state index contributed by atoms with van der Waals surface area (Å²) in [6.45, 7) is 12.0. The molecule has 3 atom stereocenters. The molecule has 0 aliphatic rings. The van der Waals surface area contributed by atoms with Crippen molar-refractivity contribution in [2.75, 3.05) is 7.11 Å². The maximum Gasteiger partial charge on any atom is 0.514 e. The number of aliphatic carboxylic acids is 1. The Bertz CT molecular complexity index is 989. The Kier molecular flexibility index (Phi) is 11.8. The second-order valence-electron chi connectivity index (χ2n) is 9.93. The monoisotopic (exact) mass is 541 g/mol. The molecule has 0 saturated carbocycles. The van der Waals surface area contributed by atoms with Crippen LogP contribution in [0.2, 0.25) is 0 Å². The second-order valence-corrected chi connectivity index (χ2v) is 9.93. The van der Waals surface area contributed by atoms with E-state index in [9.17, 15) is 24.3 Å². The molecule has 0 aliphatic carbocycles. The van der Waals surface area contributed by atoms with E-state index in [2.05, 4.69) is 4.74 Å². The summed E-state index contributed by atoms with van der Waals surface area (Å²) in [5.74, 6) is -2.61. The average molecular weight is 542 g/mol. The molecule has 3 N–H and O–H groups in total. The molecule has 12 heteroatoms. The molecule has 0 heterocycles. The summed E-state index contributed by atoms with van der Waals surface area (Å²) in [6, 6.07) is 2.67. The predicted molar refractivity (Wildman–Crippen MR) is 135 cm³/mol. The van der Waals surface area contributed by atoms with Crippen LogP contribution in [0.25, 0.3) is 0 Å². The Morgan fingerprint density at radius 1 is 0.895 bits per heavy atom. The lowest BCUT2D eigenvalue weighted by molar-refractivity contribution is -0.139. The van der Waals surface area contributed by atoms with Crippen LogP contribution < -0.4 is 15.2 Å². The van der Waals surface area contributed by atoms with Crippen LogP contribution in [0.15, 0.2) is 18.2 Å². The molecule has 1 aromatic rings. The predicted octanol–water partition coefficient (Wildman–Crippen LogP) is 5.15. The van der Waals surface area contributed by atoms with Crippen molar-refractivity contribution in [2.45, 2.75) is 97.0 Å². The van der Waals surface area contributed by atoms with Gasteiger partial charge in [0.05, 0.1) is 7.11 Å². The van der Waals surface area contributed by atoms with Gasteiger partial charge in [0.1, 0.15) is 23.3 Å². The summed E-state index contributed by atoms with van der Waals surface area (Å²) in [5.41, 5.74) is 4.62. The van der Waals surface area contributed by atoms with Gasteiger partial charge >= 0.3 is 24.4 Å². The molecule has 1 aromatic carbocycles. The molecule has 0 amide bonds. The fourth-order valence-electron chi connectivity index (χ4n) is 3.02. The summed E-state index contributed by atoms with van der Waals surface area (Å²) in [7, 11) is 1.14. The van der Waals surface area contributed by atoms with Crippen molar-refractivity contribution in [2.24, 2.45) is 5.73 Å². The normalized spacial score (nSPS) is 13.9. The highest BCUT2D eigenvalue weighted by atomic mass is 16.8. The summed E-state index contributed by atoms with van der Waals surface area (Å²) < 4.78 is 30.9. The zero-order valence-corrected chi connectivity index (χ0v) is 23.2. The van der Waals surface area contributed by atoms with Gasteiger partial charge in [-0.3, -0.25) is 4.79 Å². The van der Waals surface area contributed by atoms with Crippen LogP contribution in [0.1, 0.15) is 79.2 Å². The van der Waals surface area contributed by atoms with E-state index in [-0.39, 0.29) is 17.9 Å². The van der Waals surface area contributed by atoms with Gasteiger partial charge < -0.3 is 39.3 Å². The first kappa shape index (κ1) is 32.5. The topological polar surface area (TPSA) is 170 Å². The smallest absolute Gasteiger partial charge is 0.480 e. The van der Waals surface area contributed by atoms with Gasteiger partial charge in [-0.05, 0) is 71.6 Å². The van der Waals surface area contributed by atoms with E-state index in [1.165, 1.54) is 18.2 Å². The fraction of sp³-hybridized carbons (Fsp3) is 0.615. The lowest BCUT2D eigenvalue weighted by Gasteiger charge is -2.26. The van der Waals surface area contributed by atoms with Crippen LogP contribution in [0.4, 0.5) is 14.4 Å². The minimum atomic E-state index is -1.42. The minimum Gasteiger partial charge on any atom is -0.480 e. The van der Waals surface area contributed by atoms with E-state index in [4.69, 9.17) is 29.4 Å².